The molecule has 0 saturated carbocycles. The van der Waals surface area contributed by atoms with Crippen molar-refractivity contribution in [2.24, 2.45) is 0 Å². The minimum absolute atomic E-state index is 0.0728. The van der Waals surface area contributed by atoms with Crippen LogP contribution in [0.4, 0.5) is 4.39 Å². The number of halogens is 1. The molecule has 1 aromatic carbocycles. The molecule has 7 heteroatoms. The average Bonchev–Trinajstić information content (AvgIpc) is 3.15. The molecule has 1 amide bonds. The van der Waals surface area contributed by atoms with Gasteiger partial charge in [-0.05, 0) is 35.5 Å². The van der Waals surface area contributed by atoms with Crippen molar-refractivity contribution in [3.05, 3.63) is 70.4 Å². The first-order chi connectivity index (χ1) is 12.7. The molecule has 1 unspecified atom stereocenters. The number of nitrogens with zero attached hydrogens (tertiary/aromatic N) is 2. The standard InChI is InChI=1S/C19H16FN3O2S/c20-17-6-2-1-5-14(17)15-8-18(24)23-11-22(10-13-4-3-7-25-13)12-26-19(23)16(15)9-21/h1-7,15H,8,10-12H2/p+1/t15-/m0/s1. The van der Waals surface area contributed by atoms with E-state index in [0.29, 0.717) is 29.4 Å². The van der Waals surface area contributed by atoms with Gasteiger partial charge in [0.2, 0.25) is 5.91 Å². The molecule has 4 rings (SSSR count). The van der Waals surface area contributed by atoms with E-state index in [9.17, 15) is 14.4 Å². The van der Waals surface area contributed by atoms with E-state index in [1.807, 2.05) is 12.1 Å². The van der Waals surface area contributed by atoms with Gasteiger partial charge in [0, 0.05) is 12.3 Å². The van der Waals surface area contributed by atoms with Crippen LogP contribution >= 0.6 is 11.8 Å². The second-order valence-electron chi connectivity index (χ2n) is 6.38. The summed E-state index contributed by atoms with van der Waals surface area (Å²) >= 11 is 1.48. The van der Waals surface area contributed by atoms with Crippen LogP contribution in [-0.4, -0.2) is 23.4 Å². The van der Waals surface area contributed by atoms with Crippen LogP contribution in [0, 0.1) is 17.1 Å². The third-order valence-electron chi connectivity index (χ3n) is 4.70. The molecule has 132 valence electrons. The predicted molar refractivity (Wildman–Crippen MR) is 93.9 cm³/mol. The highest BCUT2D eigenvalue weighted by Gasteiger charge is 2.40. The fraction of sp³-hybridized carbons (Fsp3) is 0.263. The number of fused-ring (bicyclic) bond motifs is 1. The lowest BCUT2D eigenvalue weighted by Gasteiger charge is -2.38. The van der Waals surface area contributed by atoms with Crippen molar-refractivity contribution in [3.8, 4) is 6.07 Å². The van der Waals surface area contributed by atoms with Gasteiger partial charge in [-0.25, -0.2) is 4.39 Å². The molecular formula is C19H17FN3O2S+. The van der Waals surface area contributed by atoms with Crippen LogP contribution in [0.2, 0.25) is 0 Å². The zero-order valence-corrected chi connectivity index (χ0v) is 14.8. The maximum absolute atomic E-state index is 14.2. The lowest BCUT2D eigenvalue weighted by molar-refractivity contribution is -0.911. The first-order valence-corrected chi connectivity index (χ1v) is 9.33. The van der Waals surface area contributed by atoms with Gasteiger partial charge in [-0.15, -0.1) is 0 Å². The summed E-state index contributed by atoms with van der Waals surface area (Å²) in [6, 6.07) is 12.4. The van der Waals surface area contributed by atoms with Crippen molar-refractivity contribution in [1.29, 1.82) is 5.26 Å². The number of hydrogen-bond acceptors (Lipinski definition) is 4. The van der Waals surface area contributed by atoms with E-state index >= 15 is 0 Å². The zero-order chi connectivity index (χ0) is 18.1. The Labute approximate surface area is 154 Å². The number of hydrogen-bond donors (Lipinski definition) is 1. The molecule has 2 aliphatic rings. The van der Waals surface area contributed by atoms with Gasteiger partial charge in [0.25, 0.3) is 0 Å². The number of thioether (sulfide) groups is 1. The summed E-state index contributed by atoms with van der Waals surface area (Å²) in [4.78, 5) is 15.6. The van der Waals surface area contributed by atoms with Gasteiger partial charge < -0.3 is 9.32 Å². The number of quaternary nitrogens is 1. The van der Waals surface area contributed by atoms with Gasteiger partial charge in [0.15, 0.2) is 12.4 Å². The summed E-state index contributed by atoms with van der Waals surface area (Å²) in [5, 5.41) is 10.4. The van der Waals surface area contributed by atoms with Crippen LogP contribution in [0.3, 0.4) is 0 Å². The molecule has 0 spiro atoms. The first kappa shape index (κ1) is 16.9. The van der Waals surface area contributed by atoms with E-state index in [1.54, 1.807) is 29.4 Å². The molecule has 0 radical (unpaired) electrons. The SMILES string of the molecule is N#CC1=C2SC[NH+](Cc3ccco3)CN2C(=O)C[C@H]1c1ccccc1F. The summed E-state index contributed by atoms with van der Waals surface area (Å²) < 4.78 is 19.6. The van der Waals surface area contributed by atoms with E-state index < -0.39 is 5.92 Å². The summed E-state index contributed by atoms with van der Waals surface area (Å²) in [6.45, 7) is 1.16. The van der Waals surface area contributed by atoms with Crippen molar-refractivity contribution >= 4 is 17.7 Å². The summed E-state index contributed by atoms with van der Waals surface area (Å²) in [5.41, 5.74) is 0.896. The van der Waals surface area contributed by atoms with Crippen LogP contribution in [0.15, 0.2) is 57.7 Å². The maximum atomic E-state index is 14.2. The van der Waals surface area contributed by atoms with Crippen molar-refractivity contribution in [1.82, 2.24) is 4.90 Å². The summed E-state index contributed by atoms with van der Waals surface area (Å²) in [6.07, 6.45) is 1.75. The molecule has 26 heavy (non-hydrogen) atoms. The lowest BCUT2D eigenvalue weighted by atomic mass is 9.86. The molecule has 0 aliphatic carbocycles. The van der Waals surface area contributed by atoms with Gasteiger partial charge >= 0.3 is 0 Å². The van der Waals surface area contributed by atoms with Crippen molar-refractivity contribution in [2.45, 2.75) is 18.9 Å². The zero-order valence-electron chi connectivity index (χ0n) is 13.9. The number of allylic oxidation sites excluding steroid dienone is 1. The minimum Gasteiger partial charge on any atom is -0.463 e. The third kappa shape index (κ3) is 3.02. The van der Waals surface area contributed by atoms with E-state index in [-0.39, 0.29) is 18.1 Å². The maximum Gasteiger partial charge on any atom is 0.232 e. The molecule has 2 atom stereocenters. The molecule has 1 fully saturated rings. The number of nitriles is 1. The second kappa shape index (κ2) is 6.98. The second-order valence-corrected chi connectivity index (χ2v) is 7.35. The Morgan fingerprint density at radius 2 is 2.19 bits per heavy atom. The lowest BCUT2D eigenvalue weighted by Crippen LogP contribution is -3.12. The van der Waals surface area contributed by atoms with Gasteiger partial charge in [-0.1, -0.05) is 18.2 Å². The van der Waals surface area contributed by atoms with Gasteiger partial charge in [0.05, 0.1) is 17.9 Å². The number of amides is 1. The number of furan rings is 1. The van der Waals surface area contributed by atoms with Crippen LogP contribution < -0.4 is 4.90 Å². The monoisotopic (exact) mass is 370 g/mol. The van der Waals surface area contributed by atoms with E-state index in [1.165, 1.54) is 22.7 Å². The molecular weight excluding hydrogens is 353 g/mol. The molecule has 3 heterocycles. The topological polar surface area (TPSA) is 61.7 Å². The predicted octanol–water partition coefficient (Wildman–Crippen LogP) is 2.22. The smallest absolute Gasteiger partial charge is 0.232 e. The first-order valence-electron chi connectivity index (χ1n) is 8.35. The fourth-order valence-electron chi connectivity index (χ4n) is 3.47. The Morgan fingerprint density at radius 1 is 1.35 bits per heavy atom. The van der Waals surface area contributed by atoms with Crippen molar-refractivity contribution in [3.63, 3.8) is 0 Å². The van der Waals surface area contributed by atoms with Gasteiger partial charge in [-0.2, -0.15) is 5.26 Å². The van der Waals surface area contributed by atoms with E-state index in [4.69, 9.17) is 4.42 Å². The molecule has 1 saturated heterocycles. The van der Waals surface area contributed by atoms with E-state index in [2.05, 4.69) is 6.07 Å². The molecule has 1 aromatic heterocycles. The summed E-state index contributed by atoms with van der Waals surface area (Å²) in [7, 11) is 0. The Bertz CT molecular complexity index is 904. The van der Waals surface area contributed by atoms with Crippen LogP contribution in [0.25, 0.3) is 0 Å². The molecule has 1 N–H and O–H groups in total. The highest BCUT2D eigenvalue weighted by Crippen LogP contribution is 2.41. The molecule has 2 aromatic rings. The number of rotatable bonds is 3. The number of nitrogens with one attached hydrogen (secondary N) is 1. The molecule has 5 nitrogen and oxygen atoms in total. The highest BCUT2D eigenvalue weighted by molar-refractivity contribution is 8.02. The van der Waals surface area contributed by atoms with Crippen LogP contribution in [0.1, 0.15) is 23.7 Å². The Balaban J connectivity index is 1.63. The summed E-state index contributed by atoms with van der Waals surface area (Å²) in [5.74, 6) is 0.616. The number of carbonyl (C=O) groups is 1. The molecule has 2 aliphatic heterocycles. The van der Waals surface area contributed by atoms with E-state index in [0.717, 1.165) is 11.6 Å². The molecule has 0 bridgehead atoms. The highest BCUT2D eigenvalue weighted by atomic mass is 32.2. The number of benzene rings is 1. The largest absolute Gasteiger partial charge is 0.463 e. The minimum atomic E-state index is -0.515. The van der Waals surface area contributed by atoms with Crippen molar-refractivity contribution < 1.29 is 18.5 Å². The van der Waals surface area contributed by atoms with Crippen LogP contribution in [-0.2, 0) is 11.3 Å². The Hall–Kier alpha value is -2.56. The van der Waals surface area contributed by atoms with Gasteiger partial charge in [-0.3, -0.25) is 9.69 Å². The third-order valence-corrected chi connectivity index (χ3v) is 5.97. The van der Waals surface area contributed by atoms with Gasteiger partial charge in [0.1, 0.15) is 23.3 Å². The fourth-order valence-corrected chi connectivity index (χ4v) is 4.67. The van der Waals surface area contributed by atoms with Crippen LogP contribution in [0.5, 0.6) is 0 Å². The van der Waals surface area contributed by atoms with Crippen molar-refractivity contribution in [2.75, 3.05) is 12.5 Å². The Kier molecular flexibility index (Phi) is 4.53. The normalized spacial score (nSPS) is 22.9. The average molecular weight is 370 g/mol. The quantitative estimate of drug-likeness (QED) is 0.900. The number of carbonyl (C=O) groups excluding carboxylic acids is 1. The Morgan fingerprint density at radius 3 is 2.92 bits per heavy atom.